The van der Waals surface area contributed by atoms with E-state index in [9.17, 15) is 9.59 Å². The molecule has 31 heavy (non-hydrogen) atoms. The fraction of sp³-hybridized carbons (Fsp3) is 0.200. The van der Waals surface area contributed by atoms with Crippen LogP contribution in [-0.2, 0) is 25.2 Å². The lowest BCUT2D eigenvalue weighted by atomic mass is 10.2. The van der Waals surface area contributed by atoms with Crippen LogP contribution in [0.5, 0.6) is 0 Å². The highest BCUT2D eigenvalue weighted by molar-refractivity contribution is 14.1. The number of carbonyl (C=O) groups is 2. The Balaban J connectivity index is 1.72. The Morgan fingerprint density at radius 2 is 1.32 bits per heavy atom. The van der Waals surface area contributed by atoms with Gasteiger partial charge in [0.05, 0.1) is 16.5 Å². The molecule has 6 heteroatoms. The van der Waals surface area contributed by atoms with Crippen molar-refractivity contribution in [2.24, 2.45) is 0 Å². The Morgan fingerprint density at radius 3 is 1.90 bits per heavy atom. The predicted octanol–water partition coefficient (Wildman–Crippen LogP) is 5.61. The molecule has 0 heterocycles. The Bertz CT molecular complexity index is 1000. The third-order valence-corrected chi connectivity index (χ3v) is 7.19. The summed E-state index contributed by atoms with van der Waals surface area (Å²) in [6.45, 7) is 3.92. The topological polar surface area (TPSA) is 52.6 Å². The van der Waals surface area contributed by atoms with E-state index in [1.54, 1.807) is 19.1 Å². The predicted molar refractivity (Wildman–Crippen MR) is 131 cm³/mol. The molecule has 160 valence electrons. The van der Waals surface area contributed by atoms with Crippen molar-refractivity contribution in [2.75, 3.05) is 13.2 Å². The second-order valence-corrected chi connectivity index (χ2v) is 10.8. The first-order valence-corrected chi connectivity index (χ1v) is 12.4. The van der Waals surface area contributed by atoms with Gasteiger partial charge in [-0.15, -0.1) is 0 Å². The summed E-state index contributed by atoms with van der Waals surface area (Å²) in [6.07, 6.45) is 0. The number of ether oxygens (including phenoxy) is 2. The molecule has 0 amide bonds. The molecule has 0 N–H and O–H groups in total. The number of halogens is 1. The third kappa shape index (κ3) is 6.58. The minimum atomic E-state index is -0.431. The number of alkyl halides is 1. The van der Waals surface area contributed by atoms with Crippen LogP contribution in [0.2, 0.25) is 0 Å². The van der Waals surface area contributed by atoms with E-state index in [0.29, 0.717) is 5.56 Å². The van der Waals surface area contributed by atoms with Crippen LogP contribution in [-0.4, -0.2) is 29.1 Å². The average Bonchev–Trinajstić information content (AvgIpc) is 2.79. The van der Waals surface area contributed by atoms with Crippen molar-refractivity contribution in [1.29, 1.82) is 0 Å². The van der Waals surface area contributed by atoms with Crippen LogP contribution >= 0.6 is 22.6 Å². The molecule has 2 atom stereocenters. The number of aryl methyl sites for hydroxylation is 1. The lowest BCUT2D eigenvalue weighted by molar-refractivity contribution is -0.143. The lowest BCUT2D eigenvalue weighted by Gasteiger charge is -2.10. The zero-order valence-electron chi connectivity index (χ0n) is 17.4. The van der Waals surface area contributed by atoms with E-state index in [4.69, 9.17) is 9.47 Å². The zero-order valence-corrected chi connectivity index (χ0v) is 20.4. The Kier molecular flexibility index (Phi) is 8.54. The van der Waals surface area contributed by atoms with E-state index in [1.165, 1.54) is 15.4 Å². The standard InChI is InChI=1S/C25H24IO4S/c1-18-8-12-22(13-9-18)31(21-6-4-3-5-7-21)23-14-10-20(11-15-23)25(28)30-17-16-29-24(27)19(2)26/h3-15,19H,16-17H2,1-2H3/q+1. The minimum absolute atomic E-state index is 0.0352. The summed E-state index contributed by atoms with van der Waals surface area (Å²) >= 11 is 1.98. The minimum Gasteiger partial charge on any atom is -0.461 e. The van der Waals surface area contributed by atoms with Gasteiger partial charge < -0.3 is 9.47 Å². The van der Waals surface area contributed by atoms with Gasteiger partial charge in [-0.3, -0.25) is 4.79 Å². The molecule has 2 unspecified atom stereocenters. The second-order valence-electron chi connectivity index (χ2n) is 6.88. The molecule has 0 radical (unpaired) electrons. The van der Waals surface area contributed by atoms with Crippen LogP contribution in [0.15, 0.2) is 93.5 Å². The van der Waals surface area contributed by atoms with Gasteiger partial charge in [-0.2, -0.15) is 0 Å². The summed E-state index contributed by atoms with van der Waals surface area (Å²) in [5.74, 6) is -0.745. The molecule has 0 saturated heterocycles. The van der Waals surface area contributed by atoms with Gasteiger partial charge in [0.1, 0.15) is 17.1 Å². The van der Waals surface area contributed by atoms with Crippen LogP contribution in [0.25, 0.3) is 0 Å². The molecule has 0 saturated carbocycles. The second kappa shape index (κ2) is 11.3. The van der Waals surface area contributed by atoms with E-state index in [0.717, 1.165) is 4.90 Å². The largest absolute Gasteiger partial charge is 0.461 e. The third-order valence-electron chi connectivity index (χ3n) is 4.45. The van der Waals surface area contributed by atoms with Gasteiger partial charge in [0.25, 0.3) is 0 Å². The van der Waals surface area contributed by atoms with Crippen molar-refractivity contribution in [1.82, 2.24) is 0 Å². The Morgan fingerprint density at radius 1 is 0.806 bits per heavy atom. The summed E-state index contributed by atoms with van der Waals surface area (Å²) in [4.78, 5) is 27.3. The molecule has 0 aliphatic heterocycles. The Hall–Kier alpha value is -2.32. The molecule has 0 aliphatic rings. The molecule has 0 bridgehead atoms. The summed E-state index contributed by atoms with van der Waals surface area (Å²) in [7, 11) is -0.271. The van der Waals surface area contributed by atoms with Gasteiger partial charge in [0.2, 0.25) is 0 Å². The van der Waals surface area contributed by atoms with Gasteiger partial charge in [-0.25, -0.2) is 4.79 Å². The van der Waals surface area contributed by atoms with Gasteiger partial charge >= 0.3 is 11.9 Å². The van der Waals surface area contributed by atoms with Gasteiger partial charge in [0.15, 0.2) is 14.7 Å². The molecule has 0 spiro atoms. The van der Waals surface area contributed by atoms with E-state index >= 15 is 0 Å². The van der Waals surface area contributed by atoms with Gasteiger partial charge in [-0.1, -0.05) is 58.5 Å². The normalized spacial score (nSPS) is 12.6. The number of esters is 2. The van der Waals surface area contributed by atoms with Crippen molar-refractivity contribution in [2.45, 2.75) is 32.5 Å². The molecule has 3 rings (SSSR count). The van der Waals surface area contributed by atoms with E-state index in [-0.39, 0.29) is 34.0 Å². The SMILES string of the molecule is Cc1ccc([S+](c2ccccc2)c2ccc(C(=O)OCCOC(=O)C(C)I)cc2)cc1. The first kappa shape index (κ1) is 23.3. The zero-order chi connectivity index (χ0) is 22.2. The average molecular weight is 547 g/mol. The summed E-state index contributed by atoms with van der Waals surface area (Å²) in [5, 5.41) is 0. The fourth-order valence-corrected chi connectivity index (χ4v) is 5.08. The van der Waals surface area contributed by atoms with Crippen molar-refractivity contribution < 1.29 is 19.1 Å². The van der Waals surface area contributed by atoms with Crippen molar-refractivity contribution in [3.8, 4) is 0 Å². The monoisotopic (exact) mass is 547 g/mol. The number of rotatable bonds is 8. The maximum atomic E-state index is 12.3. The highest BCUT2D eigenvalue weighted by Crippen LogP contribution is 2.31. The quantitative estimate of drug-likeness (QED) is 0.121. The van der Waals surface area contributed by atoms with Crippen LogP contribution in [0.1, 0.15) is 22.8 Å². The van der Waals surface area contributed by atoms with Gasteiger partial charge in [-0.05, 0) is 62.4 Å². The number of hydrogen-bond donors (Lipinski definition) is 0. The molecule has 0 aromatic heterocycles. The Labute approximate surface area is 199 Å². The van der Waals surface area contributed by atoms with E-state index in [1.807, 2.05) is 52.9 Å². The van der Waals surface area contributed by atoms with E-state index in [2.05, 4.69) is 43.3 Å². The molecular weight excluding hydrogens is 523 g/mol. The summed E-state index contributed by atoms with van der Waals surface area (Å²) in [5.41, 5.74) is 1.69. The van der Waals surface area contributed by atoms with Crippen molar-refractivity contribution >= 4 is 45.4 Å². The van der Waals surface area contributed by atoms with Gasteiger partial charge in [0, 0.05) is 0 Å². The highest BCUT2D eigenvalue weighted by atomic mass is 127. The number of benzene rings is 3. The van der Waals surface area contributed by atoms with Crippen molar-refractivity contribution in [3.05, 3.63) is 90.0 Å². The summed E-state index contributed by atoms with van der Waals surface area (Å²) < 4.78 is 10.0. The lowest BCUT2D eigenvalue weighted by Crippen LogP contribution is -2.18. The molecule has 4 nitrogen and oxygen atoms in total. The van der Waals surface area contributed by atoms with Crippen molar-refractivity contribution in [3.63, 3.8) is 0 Å². The summed E-state index contributed by atoms with van der Waals surface area (Å²) in [6, 6.07) is 26.4. The first-order valence-electron chi connectivity index (χ1n) is 9.89. The number of hydrogen-bond acceptors (Lipinski definition) is 4. The number of carbonyl (C=O) groups excluding carboxylic acids is 2. The van der Waals surface area contributed by atoms with Crippen LogP contribution in [0, 0.1) is 6.92 Å². The molecule has 3 aromatic carbocycles. The molecular formula is C25H24IO4S+. The van der Waals surface area contributed by atoms with Crippen LogP contribution in [0.4, 0.5) is 0 Å². The van der Waals surface area contributed by atoms with E-state index < -0.39 is 5.97 Å². The van der Waals surface area contributed by atoms with Crippen LogP contribution < -0.4 is 0 Å². The smallest absolute Gasteiger partial charge is 0.338 e. The molecule has 0 fully saturated rings. The molecule has 0 aliphatic carbocycles. The molecule has 3 aromatic rings. The maximum absolute atomic E-state index is 12.3. The first-order chi connectivity index (χ1) is 15.0. The van der Waals surface area contributed by atoms with Crippen LogP contribution in [0.3, 0.4) is 0 Å². The highest BCUT2D eigenvalue weighted by Gasteiger charge is 2.28. The maximum Gasteiger partial charge on any atom is 0.338 e. The fourth-order valence-electron chi connectivity index (χ4n) is 2.84.